The minimum absolute atomic E-state index is 0.557. The molecule has 3 heteroatoms. The molecule has 0 amide bonds. The van der Waals surface area contributed by atoms with Crippen LogP contribution in [0.2, 0.25) is 0 Å². The number of furan rings is 2. The van der Waals surface area contributed by atoms with E-state index in [9.17, 15) is 0 Å². The van der Waals surface area contributed by atoms with Crippen molar-refractivity contribution >= 4 is 71.7 Å². The lowest BCUT2D eigenvalue weighted by Gasteiger charge is -2.35. The van der Waals surface area contributed by atoms with Crippen LogP contribution in [0.15, 0.2) is 258 Å². The zero-order valence-electron chi connectivity index (χ0n) is 36.9. The van der Waals surface area contributed by atoms with E-state index in [2.05, 4.69) is 241 Å². The van der Waals surface area contributed by atoms with Crippen LogP contribution in [0.25, 0.3) is 88.0 Å². The van der Waals surface area contributed by atoms with Gasteiger partial charge in [-0.15, -0.1) is 0 Å². The normalized spacial score (nSPS) is 12.8. The Kier molecular flexibility index (Phi) is 8.50. The van der Waals surface area contributed by atoms with Crippen LogP contribution >= 0.6 is 0 Å². The van der Waals surface area contributed by atoms with Crippen molar-refractivity contribution in [2.75, 3.05) is 4.90 Å². The monoisotopic (exact) mass is 867 g/mol. The molecule has 0 N–H and O–H groups in total. The van der Waals surface area contributed by atoms with Crippen LogP contribution in [0.5, 0.6) is 0 Å². The number of benzene rings is 11. The standard InChI is InChI=1S/C65H41NO2/c1-3-17-45(18-4-1)65(46-19-5-2-6-20-46)57-26-12-9-22-50(57)51-39-36-48(41-58(51)65)66(47-34-30-42(31-35-47)44-33-37-54-53-24-11-14-28-60(53)67-62(54)40-44)59-27-13-10-23-52(59)55-25-15-29-61-63(55)56-38-32-43-16-7-8-21-49(43)64(56)68-61/h1-41H. The van der Waals surface area contributed by atoms with Crippen LogP contribution in [-0.4, -0.2) is 0 Å². The second kappa shape index (κ2) is 15.1. The van der Waals surface area contributed by atoms with Crippen molar-refractivity contribution in [3.8, 4) is 33.4 Å². The number of anilines is 3. The Morgan fingerprint density at radius 1 is 0.324 bits per heavy atom. The summed E-state index contributed by atoms with van der Waals surface area (Å²) in [5, 5.41) is 6.74. The SMILES string of the molecule is c1ccc(C2(c3ccccc3)c3ccccc3-c3ccc(N(c4ccc(-c5ccc6c(c5)oc5ccccc56)cc4)c4ccccc4-c4cccc5oc6c7ccccc7ccc6c45)cc32)cc1. The minimum Gasteiger partial charge on any atom is -0.456 e. The van der Waals surface area contributed by atoms with Crippen LogP contribution in [0.4, 0.5) is 17.1 Å². The van der Waals surface area contributed by atoms with Crippen LogP contribution in [0.1, 0.15) is 22.3 Å². The molecule has 0 fully saturated rings. The molecule has 0 aliphatic heterocycles. The zero-order chi connectivity index (χ0) is 44.8. The van der Waals surface area contributed by atoms with Crippen LogP contribution < -0.4 is 4.90 Å². The molecule has 3 nitrogen and oxygen atoms in total. The summed E-state index contributed by atoms with van der Waals surface area (Å²) in [5.74, 6) is 0. The summed E-state index contributed by atoms with van der Waals surface area (Å²) in [5.41, 5.74) is 18.1. The predicted octanol–water partition coefficient (Wildman–Crippen LogP) is 17.8. The van der Waals surface area contributed by atoms with Gasteiger partial charge in [0.05, 0.1) is 11.1 Å². The second-order valence-electron chi connectivity index (χ2n) is 17.9. The molecule has 0 radical (unpaired) electrons. The molecule has 0 saturated heterocycles. The molecule has 14 rings (SSSR count). The quantitative estimate of drug-likeness (QED) is 0.160. The molecule has 0 atom stereocenters. The van der Waals surface area contributed by atoms with E-state index in [0.29, 0.717) is 0 Å². The maximum Gasteiger partial charge on any atom is 0.143 e. The van der Waals surface area contributed by atoms with E-state index < -0.39 is 5.41 Å². The lowest BCUT2D eigenvalue weighted by molar-refractivity contribution is 0.669. The first-order valence-electron chi connectivity index (χ1n) is 23.3. The Morgan fingerprint density at radius 3 is 1.75 bits per heavy atom. The Balaban J connectivity index is 1.00. The van der Waals surface area contributed by atoms with Crippen molar-refractivity contribution < 1.29 is 8.83 Å². The molecule has 13 aromatic rings. The summed E-state index contributed by atoms with van der Waals surface area (Å²) in [7, 11) is 0. The highest BCUT2D eigenvalue weighted by Crippen LogP contribution is 2.57. The highest BCUT2D eigenvalue weighted by Gasteiger charge is 2.46. The van der Waals surface area contributed by atoms with Crippen molar-refractivity contribution in [3.05, 3.63) is 271 Å². The maximum atomic E-state index is 6.76. The Bertz CT molecular complexity index is 4050. The highest BCUT2D eigenvalue weighted by atomic mass is 16.3. The maximum absolute atomic E-state index is 6.76. The fourth-order valence-corrected chi connectivity index (χ4v) is 11.4. The molecule has 2 heterocycles. The third-order valence-electron chi connectivity index (χ3n) is 14.4. The van der Waals surface area contributed by atoms with Gasteiger partial charge in [-0.25, -0.2) is 0 Å². The van der Waals surface area contributed by atoms with Gasteiger partial charge in [0.1, 0.15) is 22.3 Å². The van der Waals surface area contributed by atoms with Crippen LogP contribution in [0.3, 0.4) is 0 Å². The fourth-order valence-electron chi connectivity index (χ4n) is 11.4. The van der Waals surface area contributed by atoms with Gasteiger partial charge in [-0.05, 0) is 116 Å². The third-order valence-corrected chi connectivity index (χ3v) is 14.4. The molecule has 318 valence electrons. The molecule has 2 aromatic heterocycles. The van der Waals surface area contributed by atoms with Gasteiger partial charge in [-0.2, -0.15) is 0 Å². The molecule has 1 aliphatic rings. The number of rotatable bonds is 7. The van der Waals surface area contributed by atoms with Gasteiger partial charge in [-0.1, -0.05) is 188 Å². The summed E-state index contributed by atoms with van der Waals surface area (Å²) in [6.07, 6.45) is 0. The van der Waals surface area contributed by atoms with E-state index in [0.717, 1.165) is 94.0 Å². The molecule has 68 heavy (non-hydrogen) atoms. The minimum atomic E-state index is -0.557. The first-order chi connectivity index (χ1) is 33.7. The number of hydrogen-bond donors (Lipinski definition) is 0. The van der Waals surface area contributed by atoms with Crippen LogP contribution in [0, 0.1) is 0 Å². The number of fused-ring (bicyclic) bond motifs is 11. The molecular formula is C65H41NO2. The smallest absolute Gasteiger partial charge is 0.143 e. The first kappa shape index (κ1) is 38.4. The summed E-state index contributed by atoms with van der Waals surface area (Å²) >= 11 is 0. The summed E-state index contributed by atoms with van der Waals surface area (Å²) < 4.78 is 13.1. The number of nitrogens with zero attached hydrogens (tertiary/aromatic N) is 1. The average molecular weight is 868 g/mol. The Hall–Kier alpha value is -8.92. The van der Waals surface area contributed by atoms with E-state index in [1.54, 1.807) is 0 Å². The van der Waals surface area contributed by atoms with Crippen molar-refractivity contribution in [1.29, 1.82) is 0 Å². The van der Waals surface area contributed by atoms with Gasteiger partial charge < -0.3 is 13.7 Å². The van der Waals surface area contributed by atoms with Gasteiger partial charge in [0.25, 0.3) is 0 Å². The van der Waals surface area contributed by atoms with Gasteiger partial charge in [0.2, 0.25) is 0 Å². The molecule has 1 aliphatic carbocycles. The molecule has 0 bridgehead atoms. The Labute approximate surface area is 393 Å². The van der Waals surface area contributed by atoms with Gasteiger partial charge >= 0.3 is 0 Å². The van der Waals surface area contributed by atoms with Crippen molar-refractivity contribution in [2.45, 2.75) is 5.41 Å². The third kappa shape index (κ3) is 5.66. The van der Waals surface area contributed by atoms with Crippen molar-refractivity contribution in [3.63, 3.8) is 0 Å². The summed E-state index contributed by atoms with van der Waals surface area (Å²) in [6.45, 7) is 0. The van der Waals surface area contributed by atoms with Gasteiger partial charge in [0, 0.05) is 43.9 Å². The Morgan fingerprint density at radius 2 is 0.926 bits per heavy atom. The van der Waals surface area contributed by atoms with E-state index >= 15 is 0 Å². The largest absolute Gasteiger partial charge is 0.456 e. The van der Waals surface area contributed by atoms with Gasteiger partial charge in [-0.3, -0.25) is 0 Å². The van der Waals surface area contributed by atoms with Gasteiger partial charge in [0.15, 0.2) is 0 Å². The lowest BCUT2D eigenvalue weighted by Crippen LogP contribution is -2.28. The van der Waals surface area contributed by atoms with Crippen LogP contribution in [-0.2, 0) is 5.41 Å². The topological polar surface area (TPSA) is 29.5 Å². The van der Waals surface area contributed by atoms with E-state index in [1.807, 2.05) is 12.1 Å². The number of hydrogen-bond acceptors (Lipinski definition) is 3. The van der Waals surface area contributed by atoms with E-state index in [-0.39, 0.29) is 0 Å². The first-order valence-corrected chi connectivity index (χ1v) is 23.3. The van der Waals surface area contributed by atoms with E-state index in [1.165, 1.54) is 33.4 Å². The van der Waals surface area contributed by atoms with Crippen molar-refractivity contribution in [2.24, 2.45) is 0 Å². The highest BCUT2D eigenvalue weighted by molar-refractivity contribution is 6.20. The average Bonchev–Trinajstić information content (AvgIpc) is 4.08. The predicted molar refractivity (Wildman–Crippen MR) is 281 cm³/mol. The molecular weight excluding hydrogens is 827 g/mol. The summed E-state index contributed by atoms with van der Waals surface area (Å²) in [6, 6.07) is 90.2. The zero-order valence-corrected chi connectivity index (χ0v) is 36.9. The van der Waals surface area contributed by atoms with Crippen molar-refractivity contribution in [1.82, 2.24) is 0 Å². The van der Waals surface area contributed by atoms with E-state index in [4.69, 9.17) is 8.83 Å². The molecule has 11 aromatic carbocycles. The number of para-hydroxylation sites is 2. The molecule has 0 saturated carbocycles. The summed E-state index contributed by atoms with van der Waals surface area (Å²) in [4.78, 5) is 2.45. The second-order valence-corrected chi connectivity index (χ2v) is 17.9. The fraction of sp³-hybridized carbons (Fsp3) is 0.0154. The molecule has 0 unspecified atom stereocenters. The lowest BCUT2D eigenvalue weighted by atomic mass is 9.67. The molecule has 0 spiro atoms.